The number of nitrogens with zero attached hydrogens (tertiary/aromatic N) is 5. The highest BCUT2D eigenvalue weighted by atomic mass is 32.2. The molecule has 0 aliphatic carbocycles. The Bertz CT molecular complexity index is 1050. The molecule has 140 valence electrons. The van der Waals surface area contributed by atoms with Crippen molar-refractivity contribution in [3.8, 4) is 22.5 Å². The van der Waals surface area contributed by atoms with E-state index >= 15 is 0 Å². The first kappa shape index (κ1) is 17.5. The van der Waals surface area contributed by atoms with Gasteiger partial charge in [0.2, 0.25) is 15.8 Å². The number of aliphatic hydroxyl groups excluding tert-OH is 1. The smallest absolute Gasteiger partial charge is 0.238 e. The number of anilines is 1. The van der Waals surface area contributed by atoms with Crippen molar-refractivity contribution >= 4 is 15.8 Å². The van der Waals surface area contributed by atoms with E-state index in [1.807, 2.05) is 17.0 Å². The number of pyridine rings is 1. The lowest BCUT2D eigenvalue weighted by Gasteiger charge is -2.17. The number of β-amino-alcohol motifs (C(OH)–C–C–N with tert-alkyl or cyclic N) is 1. The van der Waals surface area contributed by atoms with E-state index in [0.717, 1.165) is 12.4 Å². The molecule has 27 heavy (non-hydrogen) atoms. The highest BCUT2D eigenvalue weighted by Crippen LogP contribution is 2.35. The van der Waals surface area contributed by atoms with Gasteiger partial charge in [-0.2, -0.15) is 5.21 Å². The number of tetrazole rings is 1. The highest BCUT2D eigenvalue weighted by Gasteiger charge is 2.24. The van der Waals surface area contributed by atoms with Crippen molar-refractivity contribution in [3.05, 3.63) is 36.5 Å². The Labute approximate surface area is 155 Å². The molecule has 4 rings (SSSR count). The second kappa shape index (κ2) is 6.68. The minimum atomic E-state index is -4.00. The number of primary sulfonamides is 1. The lowest BCUT2D eigenvalue weighted by molar-refractivity contribution is 0.198. The number of hydrogen-bond donors (Lipinski definition) is 3. The number of aromatic amines is 1. The van der Waals surface area contributed by atoms with Gasteiger partial charge in [-0.05, 0) is 35.4 Å². The van der Waals surface area contributed by atoms with Crippen molar-refractivity contribution in [1.82, 2.24) is 25.6 Å². The fourth-order valence-corrected chi connectivity index (χ4v) is 3.94. The van der Waals surface area contributed by atoms with Crippen molar-refractivity contribution in [3.63, 3.8) is 0 Å². The number of rotatable bonds is 4. The van der Waals surface area contributed by atoms with Gasteiger partial charge >= 0.3 is 0 Å². The van der Waals surface area contributed by atoms with E-state index in [9.17, 15) is 13.5 Å². The summed E-state index contributed by atoms with van der Waals surface area (Å²) in [6, 6.07) is 8.41. The van der Waals surface area contributed by atoms with Gasteiger partial charge in [-0.3, -0.25) is 0 Å². The summed E-state index contributed by atoms with van der Waals surface area (Å²) >= 11 is 0. The second-order valence-corrected chi connectivity index (χ2v) is 7.78. The van der Waals surface area contributed by atoms with Gasteiger partial charge in [0.1, 0.15) is 5.82 Å². The molecular weight excluding hydrogens is 370 g/mol. The van der Waals surface area contributed by atoms with Gasteiger partial charge in [0, 0.05) is 24.8 Å². The van der Waals surface area contributed by atoms with Crippen LogP contribution in [0.2, 0.25) is 0 Å². The van der Waals surface area contributed by atoms with Crippen LogP contribution in [-0.4, -0.2) is 58.3 Å². The zero-order chi connectivity index (χ0) is 19.0. The molecular formula is C16H17N7O3S. The van der Waals surface area contributed by atoms with Crippen molar-refractivity contribution < 1.29 is 13.5 Å². The van der Waals surface area contributed by atoms with Gasteiger partial charge < -0.3 is 10.0 Å². The largest absolute Gasteiger partial charge is 0.391 e. The molecule has 0 radical (unpaired) electrons. The van der Waals surface area contributed by atoms with Crippen LogP contribution in [-0.2, 0) is 10.0 Å². The minimum Gasteiger partial charge on any atom is -0.391 e. The molecule has 1 unspecified atom stereocenters. The van der Waals surface area contributed by atoms with Gasteiger partial charge in [-0.15, -0.1) is 10.2 Å². The predicted octanol–water partition coefficient (Wildman–Crippen LogP) is 0.147. The molecule has 3 aromatic rings. The van der Waals surface area contributed by atoms with Crippen molar-refractivity contribution in [2.24, 2.45) is 5.14 Å². The third kappa shape index (κ3) is 3.39. The third-order valence-electron chi connectivity index (χ3n) is 4.45. The summed E-state index contributed by atoms with van der Waals surface area (Å²) in [6.45, 7) is 1.28. The Hall–Kier alpha value is -2.89. The van der Waals surface area contributed by atoms with E-state index in [4.69, 9.17) is 5.14 Å². The minimum absolute atomic E-state index is 0.0897. The molecule has 1 atom stereocenters. The van der Waals surface area contributed by atoms with Crippen molar-refractivity contribution in [2.75, 3.05) is 18.0 Å². The number of sulfonamides is 1. The molecule has 1 saturated heterocycles. The number of benzene rings is 1. The Morgan fingerprint density at radius 2 is 2.11 bits per heavy atom. The summed E-state index contributed by atoms with van der Waals surface area (Å²) in [5.41, 5.74) is 1.52. The van der Waals surface area contributed by atoms with E-state index in [1.54, 1.807) is 18.3 Å². The molecule has 10 nitrogen and oxygen atoms in total. The lowest BCUT2D eigenvalue weighted by atomic mass is 10.0. The summed E-state index contributed by atoms with van der Waals surface area (Å²) in [7, 11) is -4.00. The number of H-pyrrole nitrogens is 1. The van der Waals surface area contributed by atoms with Gasteiger partial charge in [0.15, 0.2) is 0 Å². The molecule has 0 saturated carbocycles. The topological polar surface area (TPSA) is 151 Å². The molecule has 1 aromatic carbocycles. The van der Waals surface area contributed by atoms with Gasteiger partial charge in [-0.25, -0.2) is 18.5 Å². The van der Waals surface area contributed by atoms with Crippen LogP contribution in [0.5, 0.6) is 0 Å². The summed E-state index contributed by atoms with van der Waals surface area (Å²) in [5, 5.41) is 28.7. The molecule has 1 aliphatic heterocycles. The van der Waals surface area contributed by atoms with E-state index in [-0.39, 0.29) is 22.4 Å². The maximum atomic E-state index is 12.0. The number of aliphatic hydroxyl groups is 1. The Morgan fingerprint density at radius 3 is 2.70 bits per heavy atom. The molecule has 0 bridgehead atoms. The quantitative estimate of drug-likeness (QED) is 0.572. The first-order chi connectivity index (χ1) is 12.9. The van der Waals surface area contributed by atoms with E-state index in [2.05, 4.69) is 25.6 Å². The molecule has 11 heteroatoms. The second-order valence-electron chi connectivity index (χ2n) is 6.25. The van der Waals surface area contributed by atoms with Crippen LogP contribution in [0.1, 0.15) is 6.42 Å². The fraction of sp³-hybridized carbons (Fsp3) is 0.250. The normalized spacial score (nSPS) is 17.4. The van der Waals surface area contributed by atoms with Gasteiger partial charge in [0.05, 0.1) is 16.6 Å². The molecule has 0 amide bonds. The van der Waals surface area contributed by atoms with E-state index in [0.29, 0.717) is 24.1 Å². The zero-order valence-corrected chi connectivity index (χ0v) is 15.0. The molecule has 4 N–H and O–H groups in total. The first-order valence-corrected chi connectivity index (χ1v) is 9.77. The van der Waals surface area contributed by atoms with E-state index in [1.165, 1.54) is 6.07 Å². The molecule has 1 fully saturated rings. The van der Waals surface area contributed by atoms with Crippen LogP contribution >= 0.6 is 0 Å². The van der Waals surface area contributed by atoms with Crippen LogP contribution in [0.25, 0.3) is 22.5 Å². The summed E-state index contributed by atoms with van der Waals surface area (Å²) in [5.74, 6) is 0.875. The Balaban J connectivity index is 1.80. The van der Waals surface area contributed by atoms with Crippen LogP contribution in [0.4, 0.5) is 5.82 Å². The fourth-order valence-electron chi connectivity index (χ4n) is 3.19. The number of nitrogens with two attached hydrogens (primary N) is 1. The van der Waals surface area contributed by atoms with Crippen molar-refractivity contribution in [2.45, 2.75) is 17.4 Å². The van der Waals surface area contributed by atoms with Crippen LogP contribution in [0.3, 0.4) is 0 Å². The number of hydrogen-bond acceptors (Lipinski definition) is 8. The summed E-state index contributed by atoms with van der Waals surface area (Å²) in [4.78, 5) is 6.36. The SMILES string of the molecule is NS(=O)(=O)c1cccc(-c2ccc(N3CCC(O)C3)nc2)c1-c1nn[nH]n1. The monoisotopic (exact) mass is 387 g/mol. The van der Waals surface area contributed by atoms with Crippen molar-refractivity contribution in [1.29, 1.82) is 0 Å². The highest BCUT2D eigenvalue weighted by molar-refractivity contribution is 7.89. The average Bonchev–Trinajstić information content (AvgIpc) is 3.32. The van der Waals surface area contributed by atoms with Crippen LogP contribution in [0, 0.1) is 0 Å². The number of nitrogens with one attached hydrogen (secondary N) is 1. The van der Waals surface area contributed by atoms with Crippen LogP contribution < -0.4 is 10.0 Å². The molecule has 1 aliphatic rings. The van der Waals surface area contributed by atoms with Gasteiger partial charge in [0.25, 0.3) is 0 Å². The standard InChI is InChI=1S/C16H17N7O3S/c17-27(25,26)13-3-1-2-12(15(13)16-19-21-22-20-16)10-4-5-14(18-8-10)23-7-6-11(24)9-23/h1-5,8,11,24H,6-7,9H2,(H2,17,25,26)(H,19,20,21,22). The molecule has 3 heterocycles. The Kier molecular flexibility index (Phi) is 4.34. The Morgan fingerprint density at radius 1 is 1.26 bits per heavy atom. The van der Waals surface area contributed by atoms with Gasteiger partial charge in [-0.1, -0.05) is 12.1 Å². The number of aromatic nitrogens is 5. The lowest BCUT2D eigenvalue weighted by Crippen LogP contribution is -2.22. The molecule has 0 spiro atoms. The predicted molar refractivity (Wildman–Crippen MR) is 97.1 cm³/mol. The molecule has 2 aromatic heterocycles. The maximum absolute atomic E-state index is 12.0. The van der Waals surface area contributed by atoms with E-state index < -0.39 is 10.0 Å². The summed E-state index contributed by atoms with van der Waals surface area (Å²) < 4.78 is 24.1. The average molecular weight is 387 g/mol. The third-order valence-corrected chi connectivity index (χ3v) is 5.40. The maximum Gasteiger partial charge on any atom is 0.238 e. The first-order valence-electron chi connectivity index (χ1n) is 8.22. The zero-order valence-electron chi connectivity index (χ0n) is 14.1. The van der Waals surface area contributed by atoms with Crippen LogP contribution in [0.15, 0.2) is 41.4 Å². The summed E-state index contributed by atoms with van der Waals surface area (Å²) in [6.07, 6.45) is 2.01.